The van der Waals surface area contributed by atoms with Crippen LogP contribution in [0.4, 0.5) is 0 Å². The quantitative estimate of drug-likeness (QED) is 0.781. The highest BCUT2D eigenvalue weighted by molar-refractivity contribution is 5.81. The van der Waals surface area contributed by atoms with Gasteiger partial charge in [0.15, 0.2) is 0 Å². The smallest absolute Gasteiger partial charge is 0.213 e. The zero-order valence-electron chi connectivity index (χ0n) is 12.3. The van der Waals surface area contributed by atoms with E-state index >= 15 is 0 Å². The Balaban J connectivity index is 1.90. The molecule has 21 heavy (non-hydrogen) atoms. The van der Waals surface area contributed by atoms with Gasteiger partial charge in [0, 0.05) is 24.3 Å². The van der Waals surface area contributed by atoms with Crippen LogP contribution in [0.2, 0.25) is 0 Å². The molecule has 0 radical (unpaired) electrons. The van der Waals surface area contributed by atoms with Crippen LogP contribution >= 0.6 is 0 Å². The highest BCUT2D eigenvalue weighted by Gasteiger charge is 2.04. The van der Waals surface area contributed by atoms with Gasteiger partial charge in [-0.2, -0.15) is 0 Å². The van der Waals surface area contributed by atoms with Crippen molar-refractivity contribution in [1.82, 2.24) is 14.9 Å². The van der Waals surface area contributed by atoms with Crippen LogP contribution in [0, 0.1) is 0 Å². The topological polar surface area (TPSA) is 39.1 Å². The molecule has 4 heteroatoms. The fourth-order valence-corrected chi connectivity index (χ4v) is 2.54. The lowest BCUT2D eigenvalue weighted by Crippen LogP contribution is -2.05. The number of hydrogen-bond acceptors (Lipinski definition) is 3. The SMILES string of the molecule is CNCc1ccc2c(ccn2Cc2cccc(OC)n2)c1. The van der Waals surface area contributed by atoms with E-state index in [-0.39, 0.29) is 0 Å². The molecule has 1 aromatic carbocycles. The van der Waals surface area contributed by atoms with Crippen LogP contribution in [0.5, 0.6) is 5.88 Å². The second-order valence-electron chi connectivity index (χ2n) is 5.04. The summed E-state index contributed by atoms with van der Waals surface area (Å²) in [6, 6.07) is 14.6. The summed E-state index contributed by atoms with van der Waals surface area (Å²) in [5.41, 5.74) is 3.51. The first-order chi connectivity index (χ1) is 10.3. The summed E-state index contributed by atoms with van der Waals surface area (Å²) < 4.78 is 7.39. The minimum Gasteiger partial charge on any atom is -0.481 e. The van der Waals surface area contributed by atoms with Gasteiger partial charge in [0.25, 0.3) is 0 Å². The van der Waals surface area contributed by atoms with Gasteiger partial charge in [0.1, 0.15) is 0 Å². The molecule has 3 aromatic rings. The zero-order valence-corrected chi connectivity index (χ0v) is 12.3. The molecule has 0 bridgehead atoms. The third kappa shape index (κ3) is 2.90. The first kappa shape index (κ1) is 13.6. The van der Waals surface area contributed by atoms with E-state index in [1.54, 1.807) is 7.11 Å². The van der Waals surface area contributed by atoms with Crippen molar-refractivity contribution in [1.29, 1.82) is 0 Å². The molecule has 0 amide bonds. The molecule has 0 saturated heterocycles. The zero-order chi connectivity index (χ0) is 14.7. The van der Waals surface area contributed by atoms with Crippen LogP contribution < -0.4 is 10.1 Å². The number of methoxy groups -OCH3 is 1. The maximum atomic E-state index is 5.18. The normalized spacial score (nSPS) is 11.0. The van der Waals surface area contributed by atoms with Crippen molar-refractivity contribution in [2.24, 2.45) is 0 Å². The number of fused-ring (bicyclic) bond motifs is 1. The third-order valence-electron chi connectivity index (χ3n) is 3.54. The Morgan fingerprint density at radius 2 is 2.10 bits per heavy atom. The van der Waals surface area contributed by atoms with Crippen LogP contribution in [0.15, 0.2) is 48.7 Å². The van der Waals surface area contributed by atoms with Crippen LogP contribution in [0.25, 0.3) is 10.9 Å². The fourth-order valence-electron chi connectivity index (χ4n) is 2.54. The molecule has 0 aliphatic rings. The van der Waals surface area contributed by atoms with Crippen LogP contribution in [0.3, 0.4) is 0 Å². The van der Waals surface area contributed by atoms with Crippen LogP contribution in [-0.2, 0) is 13.1 Å². The van der Waals surface area contributed by atoms with E-state index in [1.165, 1.54) is 16.5 Å². The summed E-state index contributed by atoms with van der Waals surface area (Å²) in [4.78, 5) is 4.47. The molecule has 0 aliphatic heterocycles. The number of nitrogens with zero attached hydrogens (tertiary/aromatic N) is 2. The number of nitrogens with one attached hydrogen (secondary N) is 1. The average Bonchev–Trinajstić information content (AvgIpc) is 2.90. The number of aromatic nitrogens is 2. The summed E-state index contributed by atoms with van der Waals surface area (Å²) in [6.45, 7) is 1.63. The predicted molar refractivity (Wildman–Crippen MR) is 84.6 cm³/mol. The average molecular weight is 281 g/mol. The molecule has 1 N–H and O–H groups in total. The van der Waals surface area contributed by atoms with Gasteiger partial charge in [-0.1, -0.05) is 12.1 Å². The summed E-state index contributed by atoms with van der Waals surface area (Å²) in [5, 5.41) is 4.43. The van der Waals surface area contributed by atoms with Crippen LogP contribution in [-0.4, -0.2) is 23.7 Å². The lowest BCUT2D eigenvalue weighted by Gasteiger charge is -2.07. The Labute approximate surface area is 124 Å². The van der Waals surface area contributed by atoms with Crippen molar-refractivity contribution in [2.45, 2.75) is 13.1 Å². The number of pyridine rings is 1. The van der Waals surface area contributed by atoms with Gasteiger partial charge < -0.3 is 14.6 Å². The van der Waals surface area contributed by atoms with E-state index in [1.807, 2.05) is 25.2 Å². The minimum atomic E-state index is 0.653. The highest BCUT2D eigenvalue weighted by atomic mass is 16.5. The van der Waals surface area contributed by atoms with Crippen LogP contribution in [0.1, 0.15) is 11.3 Å². The molecule has 2 aromatic heterocycles. The summed E-state index contributed by atoms with van der Waals surface area (Å²) in [5.74, 6) is 0.653. The number of hydrogen-bond donors (Lipinski definition) is 1. The number of ether oxygens (including phenoxy) is 1. The predicted octanol–water partition coefficient (Wildman–Crippen LogP) is 2.81. The second kappa shape index (κ2) is 5.97. The van der Waals surface area contributed by atoms with Crippen molar-refractivity contribution in [3.05, 3.63) is 59.9 Å². The number of rotatable bonds is 5. The van der Waals surface area contributed by atoms with Crippen molar-refractivity contribution in [2.75, 3.05) is 14.2 Å². The molecule has 0 atom stereocenters. The van der Waals surface area contributed by atoms with E-state index < -0.39 is 0 Å². The minimum absolute atomic E-state index is 0.653. The molecule has 0 spiro atoms. The maximum absolute atomic E-state index is 5.18. The van der Waals surface area contributed by atoms with Gasteiger partial charge in [0.2, 0.25) is 5.88 Å². The first-order valence-electron chi connectivity index (χ1n) is 7.02. The number of benzene rings is 1. The molecule has 108 valence electrons. The van der Waals surface area contributed by atoms with Gasteiger partial charge in [-0.3, -0.25) is 0 Å². The molecule has 0 fully saturated rings. The lowest BCUT2D eigenvalue weighted by molar-refractivity contribution is 0.396. The van der Waals surface area contributed by atoms with Crippen molar-refractivity contribution < 1.29 is 4.74 Å². The molecule has 3 rings (SSSR count). The Bertz CT molecular complexity index is 749. The molecular weight excluding hydrogens is 262 g/mol. The maximum Gasteiger partial charge on any atom is 0.213 e. The van der Waals surface area contributed by atoms with E-state index in [2.05, 4.69) is 45.3 Å². The Morgan fingerprint density at radius 3 is 2.90 bits per heavy atom. The van der Waals surface area contributed by atoms with E-state index in [4.69, 9.17) is 4.74 Å². The van der Waals surface area contributed by atoms with Gasteiger partial charge in [-0.05, 0) is 42.3 Å². The standard InChI is InChI=1S/C17H19N3O/c1-18-11-13-6-7-16-14(10-13)8-9-20(16)12-15-4-3-5-17(19-15)21-2/h3-10,18H,11-12H2,1-2H3. The summed E-state index contributed by atoms with van der Waals surface area (Å²) >= 11 is 0. The lowest BCUT2D eigenvalue weighted by atomic mass is 10.1. The molecule has 4 nitrogen and oxygen atoms in total. The largest absolute Gasteiger partial charge is 0.481 e. The monoisotopic (exact) mass is 281 g/mol. The van der Waals surface area contributed by atoms with Crippen molar-refractivity contribution in [3.8, 4) is 5.88 Å². The summed E-state index contributed by atoms with van der Waals surface area (Å²) in [7, 11) is 3.60. The molecule has 0 saturated carbocycles. The fraction of sp³-hybridized carbons (Fsp3) is 0.235. The Hall–Kier alpha value is -2.33. The van der Waals surface area contributed by atoms with Gasteiger partial charge in [0.05, 0.1) is 19.3 Å². The van der Waals surface area contributed by atoms with E-state index in [0.29, 0.717) is 5.88 Å². The van der Waals surface area contributed by atoms with Crippen molar-refractivity contribution in [3.63, 3.8) is 0 Å². The Morgan fingerprint density at radius 1 is 1.19 bits per heavy atom. The van der Waals surface area contributed by atoms with Gasteiger partial charge >= 0.3 is 0 Å². The van der Waals surface area contributed by atoms with Gasteiger partial charge in [-0.15, -0.1) is 0 Å². The van der Waals surface area contributed by atoms with Crippen molar-refractivity contribution >= 4 is 10.9 Å². The second-order valence-corrected chi connectivity index (χ2v) is 5.04. The molecule has 0 unspecified atom stereocenters. The first-order valence-corrected chi connectivity index (χ1v) is 7.02. The van der Waals surface area contributed by atoms with E-state index in [9.17, 15) is 0 Å². The molecular formula is C17H19N3O. The van der Waals surface area contributed by atoms with Gasteiger partial charge in [-0.25, -0.2) is 4.98 Å². The summed E-state index contributed by atoms with van der Waals surface area (Å²) in [6.07, 6.45) is 2.11. The molecule has 2 heterocycles. The molecule has 0 aliphatic carbocycles. The highest BCUT2D eigenvalue weighted by Crippen LogP contribution is 2.19. The Kier molecular flexibility index (Phi) is 3.88. The van der Waals surface area contributed by atoms with E-state index in [0.717, 1.165) is 18.8 Å². The third-order valence-corrected chi connectivity index (χ3v) is 3.54.